The molecule has 0 atom stereocenters. The van der Waals surface area contributed by atoms with Crippen molar-refractivity contribution in [3.05, 3.63) is 83.4 Å². The number of benzene rings is 2. The maximum absolute atomic E-state index is 9.56. The van der Waals surface area contributed by atoms with Crippen molar-refractivity contribution < 1.29 is 5.21 Å². The van der Waals surface area contributed by atoms with Crippen molar-refractivity contribution in [1.29, 1.82) is 5.26 Å². The predicted octanol–water partition coefficient (Wildman–Crippen LogP) is 3.87. The molecule has 3 rings (SSSR count). The van der Waals surface area contributed by atoms with Crippen LogP contribution in [0.2, 0.25) is 0 Å². The van der Waals surface area contributed by atoms with E-state index in [9.17, 15) is 5.26 Å². The maximum atomic E-state index is 9.56. The molecule has 0 spiro atoms. The van der Waals surface area contributed by atoms with Crippen LogP contribution >= 0.6 is 0 Å². The van der Waals surface area contributed by atoms with E-state index < -0.39 is 0 Å². The molecule has 3 nitrogen and oxygen atoms in total. The summed E-state index contributed by atoms with van der Waals surface area (Å²) in [7, 11) is 0. The van der Waals surface area contributed by atoms with E-state index in [0.29, 0.717) is 11.3 Å². The molecule has 0 radical (unpaired) electrons. The normalized spacial score (nSPS) is 17.2. The number of allylic oxidation sites excluding steroid dienone is 4. The van der Waals surface area contributed by atoms with Gasteiger partial charge in [-0.25, -0.2) is 0 Å². The van der Waals surface area contributed by atoms with Crippen LogP contribution in [0.25, 0.3) is 11.1 Å². The second-order valence-electron chi connectivity index (χ2n) is 4.63. The highest BCUT2D eigenvalue weighted by Crippen LogP contribution is 2.32. The molecule has 0 bridgehead atoms. The van der Waals surface area contributed by atoms with Crippen LogP contribution in [0.5, 0.6) is 0 Å². The Morgan fingerprint density at radius 3 is 2.24 bits per heavy atom. The summed E-state index contributed by atoms with van der Waals surface area (Å²) in [5, 5.41) is 22.0. The third-order valence-corrected chi connectivity index (χ3v) is 3.45. The molecule has 0 saturated heterocycles. The molecule has 2 aromatic carbocycles. The standard InChI is InChI=1S/C18H12N2O/c19-12-17(13-6-2-1-3-7-13)15-10-11-18(20-21)16-9-5-4-8-14(15)16/h1-11,21H/b17-15+,20-18+. The summed E-state index contributed by atoms with van der Waals surface area (Å²) in [6, 6.07) is 19.5. The Balaban J connectivity index is 2.28. The summed E-state index contributed by atoms with van der Waals surface area (Å²) in [6.45, 7) is 0. The minimum absolute atomic E-state index is 0.500. The van der Waals surface area contributed by atoms with E-state index in [0.717, 1.165) is 22.3 Å². The Labute approximate surface area is 122 Å². The zero-order valence-corrected chi connectivity index (χ0v) is 11.2. The van der Waals surface area contributed by atoms with Crippen molar-refractivity contribution in [2.45, 2.75) is 0 Å². The molecule has 0 amide bonds. The molecule has 1 aliphatic carbocycles. The van der Waals surface area contributed by atoms with Crippen LogP contribution in [0.3, 0.4) is 0 Å². The number of nitrogens with zero attached hydrogens (tertiary/aromatic N) is 2. The van der Waals surface area contributed by atoms with E-state index in [1.165, 1.54) is 0 Å². The molecule has 0 heterocycles. The van der Waals surface area contributed by atoms with Gasteiger partial charge in [0.15, 0.2) is 0 Å². The molecular weight excluding hydrogens is 260 g/mol. The topological polar surface area (TPSA) is 56.4 Å². The molecule has 3 heteroatoms. The van der Waals surface area contributed by atoms with Gasteiger partial charge in [-0.1, -0.05) is 65.8 Å². The van der Waals surface area contributed by atoms with Crippen molar-refractivity contribution in [1.82, 2.24) is 0 Å². The van der Waals surface area contributed by atoms with Gasteiger partial charge in [0.1, 0.15) is 11.8 Å². The lowest BCUT2D eigenvalue weighted by Gasteiger charge is -2.16. The average Bonchev–Trinajstić information content (AvgIpc) is 2.56. The number of rotatable bonds is 1. The number of fused-ring (bicyclic) bond motifs is 1. The van der Waals surface area contributed by atoms with E-state index >= 15 is 0 Å². The smallest absolute Gasteiger partial charge is 0.110 e. The summed E-state index contributed by atoms with van der Waals surface area (Å²) < 4.78 is 0. The van der Waals surface area contributed by atoms with Gasteiger partial charge in [0.05, 0.1) is 5.57 Å². The minimum Gasteiger partial charge on any atom is -0.410 e. The first-order valence-electron chi connectivity index (χ1n) is 6.55. The fourth-order valence-corrected chi connectivity index (χ4v) is 2.47. The van der Waals surface area contributed by atoms with Gasteiger partial charge < -0.3 is 5.21 Å². The van der Waals surface area contributed by atoms with Crippen molar-refractivity contribution in [2.24, 2.45) is 5.16 Å². The van der Waals surface area contributed by atoms with Gasteiger partial charge in [0, 0.05) is 11.1 Å². The lowest BCUT2D eigenvalue weighted by molar-refractivity contribution is 0.320. The molecule has 1 N–H and O–H groups in total. The lowest BCUT2D eigenvalue weighted by Crippen LogP contribution is -2.07. The fourth-order valence-electron chi connectivity index (χ4n) is 2.47. The first-order valence-corrected chi connectivity index (χ1v) is 6.55. The number of hydrogen-bond donors (Lipinski definition) is 1. The van der Waals surface area contributed by atoms with E-state index in [2.05, 4.69) is 11.2 Å². The van der Waals surface area contributed by atoms with Crippen LogP contribution < -0.4 is 0 Å². The Hall–Kier alpha value is -3.12. The molecular formula is C18H12N2O. The second kappa shape index (κ2) is 5.48. The van der Waals surface area contributed by atoms with Gasteiger partial charge in [-0.2, -0.15) is 5.26 Å². The zero-order valence-electron chi connectivity index (χ0n) is 11.2. The Kier molecular flexibility index (Phi) is 3.36. The summed E-state index contributed by atoms with van der Waals surface area (Å²) in [5.41, 5.74) is 4.54. The monoisotopic (exact) mass is 272 g/mol. The minimum atomic E-state index is 0.500. The Morgan fingerprint density at radius 1 is 0.905 bits per heavy atom. The maximum Gasteiger partial charge on any atom is 0.110 e. The quantitative estimate of drug-likeness (QED) is 0.486. The molecule has 0 aromatic heterocycles. The predicted molar refractivity (Wildman–Crippen MR) is 82.8 cm³/mol. The van der Waals surface area contributed by atoms with Gasteiger partial charge in [-0.05, 0) is 17.2 Å². The van der Waals surface area contributed by atoms with Crippen LogP contribution in [-0.4, -0.2) is 10.9 Å². The number of nitriles is 1. The third-order valence-electron chi connectivity index (χ3n) is 3.45. The molecule has 0 saturated carbocycles. The molecule has 0 unspecified atom stereocenters. The summed E-state index contributed by atoms with van der Waals surface area (Å²) in [5.74, 6) is 0. The Morgan fingerprint density at radius 2 is 1.57 bits per heavy atom. The second-order valence-corrected chi connectivity index (χ2v) is 4.63. The highest BCUT2D eigenvalue weighted by molar-refractivity contribution is 6.18. The lowest BCUT2D eigenvalue weighted by atomic mass is 9.87. The molecule has 1 aliphatic rings. The Bertz CT molecular complexity index is 809. The number of hydrogen-bond acceptors (Lipinski definition) is 3. The van der Waals surface area contributed by atoms with Crippen molar-refractivity contribution in [2.75, 3.05) is 0 Å². The molecule has 21 heavy (non-hydrogen) atoms. The van der Waals surface area contributed by atoms with Crippen LogP contribution in [0.4, 0.5) is 0 Å². The van der Waals surface area contributed by atoms with Crippen LogP contribution in [0.1, 0.15) is 16.7 Å². The van der Waals surface area contributed by atoms with Crippen LogP contribution in [0.15, 0.2) is 71.9 Å². The van der Waals surface area contributed by atoms with Crippen molar-refractivity contribution in [3.63, 3.8) is 0 Å². The average molecular weight is 272 g/mol. The van der Waals surface area contributed by atoms with Gasteiger partial charge in [-0.15, -0.1) is 0 Å². The van der Waals surface area contributed by atoms with E-state index in [4.69, 9.17) is 5.21 Å². The third kappa shape index (κ3) is 2.24. The van der Waals surface area contributed by atoms with E-state index in [1.54, 1.807) is 6.08 Å². The van der Waals surface area contributed by atoms with Gasteiger partial charge in [-0.3, -0.25) is 0 Å². The SMILES string of the molecule is N#C/C(=C1C=C/C(=N\O)c2ccccc2/1)c1ccccc1. The summed E-state index contributed by atoms with van der Waals surface area (Å²) in [4.78, 5) is 0. The summed E-state index contributed by atoms with van der Waals surface area (Å²) >= 11 is 0. The molecule has 0 fully saturated rings. The van der Waals surface area contributed by atoms with Crippen LogP contribution in [0, 0.1) is 11.3 Å². The largest absolute Gasteiger partial charge is 0.410 e. The van der Waals surface area contributed by atoms with Crippen LogP contribution in [-0.2, 0) is 0 Å². The van der Waals surface area contributed by atoms with E-state index in [1.807, 2.05) is 60.7 Å². The first-order chi connectivity index (χ1) is 10.3. The van der Waals surface area contributed by atoms with Gasteiger partial charge in [0.25, 0.3) is 0 Å². The molecule has 100 valence electrons. The van der Waals surface area contributed by atoms with Crippen molar-refractivity contribution in [3.8, 4) is 6.07 Å². The number of oxime groups is 1. The fraction of sp³-hybridized carbons (Fsp3) is 0. The molecule has 2 aromatic rings. The van der Waals surface area contributed by atoms with Crippen molar-refractivity contribution >= 4 is 16.9 Å². The first kappa shape index (κ1) is 12.9. The highest BCUT2D eigenvalue weighted by Gasteiger charge is 2.18. The van der Waals surface area contributed by atoms with Gasteiger partial charge >= 0.3 is 0 Å². The zero-order chi connectivity index (χ0) is 14.7. The van der Waals surface area contributed by atoms with E-state index in [-0.39, 0.29) is 0 Å². The highest BCUT2D eigenvalue weighted by atomic mass is 16.4. The van der Waals surface area contributed by atoms with Gasteiger partial charge in [0.2, 0.25) is 0 Å². The summed E-state index contributed by atoms with van der Waals surface area (Å²) in [6.07, 6.45) is 3.54. The molecule has 0 aliphatic heterocycles.